The van der Waals surface area contributed by atoms with Crippen molar-refractivity contribution in [1.29, 1.82) is 0 Å². The van der Waals surface area contributed by atoms with E-state index in [1.54, 1.807) is 30.3 Å². The fourth-order valence-corrected chi connectivity index (χ4v) is 4.60. The molecule has 2 unspecified atom stereocenters. The lowest BCUT2D eigenvalue weighted by Gasteiger charge is -2.25. The van der Waals surface area contributed by atoms with Gasteiger partial charge in [-0.15, -0.1) is 0 Å². The molecule has 2 heterocycles. The number of rotatable bonds is 4. The zero-order chi connectivity index (χ0) is 24.0. The molecule has 2 N–H and O–H groups in total. The predicted octanol–water partition coefficient (Wildman–Crippen LogP) is 4.48. The van der Waals surface area contributed by atoms with Gasteiger partial charge >= 0.3 is 0 Å². The summed E-state index contributed by atoms with van der Waals surface area (Å²) >= 11 is 0. The van der Waals surface area contributed by atoms with E-state index in [2.05, 4.69) is 0 Å². The van der Waals surface area contributed by atoms with Gasteiger partial charge in [-0.3, -0.25) is 9.59 Å². The van der Waals surface area contributed by atoms with E-state index in [9.17, 15) is 24.2 Å². The molecule has 0 aliphatic carbocycles. The molecule has 172 valence electrons. The van der Waals surface area contributed by atoms with Gasteiger partial charge in [0.25, 0.3) is 11.7 Å². The number of likely N-dealkylation sites (tertiary alicyclic amines) is 1. The standard InChI is InChI=1S/C27H22FNO5/c1-15-11-19-12-18(7-10-22(19)34-15)25(31)23-24(17-3-2-4-21(30)13-17)29(27(33)26(23)32)14-16-5-8-20(28)9-6-16/h2-10,12-13,15,24,30-31H,11,14H2,1H3/b25-23-. The monoisotopic (exact) mass is 459 g/mol. The SMILES string of the molecule is CC1Cc2cc(/C(O)=C3/C(=O)C(=O)N(Cc4ccc(F)cc4)C3c3cccc(O)c3)ccc2O1. The number of phenols is 1. The van der Waals surface area contributed by atoms with Crippen LogP contribution in [0.5, 0.6) is 11.5 Å². The van der Waals surface area contributed by atoms with Crippen molar-refractivity contribution >= 4 is 17.4 Å². The van der Waals surface area contributed by atoms with E-state index in [0.29, 0.717) is 23.1 Å². The number of halogens is 1. The molecular weight excluding hydrogens is 437 g/mol. The molecule has 1 saturated heterocycles. The summed E-state index contributed by atoms with van der Waals surface area (Å²) in [7, 11) is 0. The van der Waals surface area contributed by atoms with Crippen molar-refractivity contribution in [3.63, 3.8) is 0 Å². The molecule has 0 bridgehead atoms. The van der Waals surface area contributed by atoms with Crippen molar-refractivity contribution in [3.05, 3.63) is 100 Å². The molecule has 1 fully saturated rings. The summed E-state index contributed by atoms with van der Waals surface area (Å²) < 4.78 is 19.1. The third kappa shape index (κ3) is 3.79. The number of ether oxygens (including phenoxy) is 1. The minimum atomic E-state index is -0.930. The molecule has 3 aromatic carbocycles. The van der Waals surface area contributed by atoms with E-state index in [1.807, 2.05) is 6.92 Å². The maximum atomic E-state index is 13.4. The Morgan fingerprint density at radius 2 is 1.85 bits per heavy atom. The molecular formula is C27H22FNO5. The Morgan fingerprint density at radius 1 is 1.09 bits per heavy atom. The molecule has 3 aromatic rings. The molecule has 2 atom stereocenters. The first kappa shape index (κ1) is 21.7. The van der Waals surface area contributed by atoms with Crippen molar-refractivity contribution in [2.45, 2.75) is 32.0 Å². The van der Waals surface area contributed by atoms with E-state index < -0.39 is 23.5 Å². The minimum Gasteiger partial charge on any atom is -0.508 e. The number of aliphatic hydroxyl groups excluding tert-OH is 1. The molecule has 6 nitrogen and oxygen atoms in total. The van der Waals surface area contributed by atoms with Gasteiger partial charge in [0.15, 0.2) is 0 Å². The molecule has 1 amide bonds. The van der Waals surface area contributed by atoms with E-state index in [-0.39, 0.29) is 29.7 Å². The molecule has 34 heavy (non-hydrogen) atoms. The third-order valence-electron chi connectivity index (χ3n) is 6.16. The average Bonchev–Trinajstić information content (AvgIpc) is 3.31. The lowest BCUT2D eigenvalue weighted by atomic mass is 9.94. The highest BCUT2D eigenvalue weighted by Crippen LogP contribution is 2.42. The van der Waals surface area contributed by atoms with Crippen molar-refractivity contribution in [2.24, 2.45) is 0 Å². The zero-order valence-corrected chi connectivity index (χ0v) is 18.4. The molecule has 2 aliphatic rings. The van der Waals surface area contributed by atoms with E-state index >= 15 is 0 Å². The van der Waals surface area contributed by atoms with Crippen LogP contribution in [-0.4, -0.2) is 32.9 Å². The van der Waals surface area contributed by atoms with Gasteiger partial charge in [-0.05, 0) is 66.1 Å². The molecule has 7 heteroatoms. The highest BCUT2D eigenvalue weighted by molar-refractivity contribution is 6.46. The van der Waals surface area contributed by atoms with Gasteiger partial charge < -0.3 is 19.8 Å². The number of amides is 1. The number of aliphatic hydroxyl groups is 1. The number of hydrogen-bond donors (Lipinski definition) is 2. The van der Waals surface area contributed by atoms with Crippen LogP contribution in [-0.2, 0) is 22.6 Å². The Labute approximate surface area is 195 Å². The molecule has 0 radical (unpaired) electrons. The summed E-state index contributed by atoms with van der Waals surface area (Å²) in [5.74, 6) is -1.62. The van der Waals surface area contributed by atoms with Crippen LogP contribution in [0.1, 0.15) is 35.2 Å². The minimum absolute atomic E-state index is 0.0148. The first-order valence-corrected chi connectivity index (χ1v) is 10.9. The van der Waals surface area contributed by atoms with Crippen LogP contribution in [0.4, 0.5) is 4.39 Å². The van der Waals surface area contributed by atoms with Crippen LogP contribution in [0.25, 0.3) is 5.76 Å². The average molecular weight is 459 g/mol. The molecule has 5 rings (SSSR count). The highest BCUT2D eigenvalue weighted by Gasteiger charge is 2.46. The molecule has 2 aliphatic heterocycles. The first-order valence-electron chi connectivity index (χ1n) is 10.9. The van der Waals surface area contributed by atoms with Crippen LogP contribution >= 0.6 is 0 Å². The first-order chi connectivity index (χ1) is 16.3. The topological polar surface area (TPSA) is 87.1 Å². The number of carbonyl (C=O) groups excluding carboxylic acids is 2. The quantitative estimate of drug-likeness (QED) is 0.341. The summed E-state index contributed by atoms with van der Waals surface area (Å²) in [4.78, 5) is 27.6. The molecule has 0 saturated carbocycles. The van der Waals surface area contributed by atoms with Gasteiger partial charge in [-0.1, -0.05) is 24.3 Å². The molecule has 0 aromatic heterocycles. The van der Waals surface area contributed by atoms with Crippen molar-refractivity contribution < 1.29 is 28.9 Å². The lowest BCUT2D eigenvalue weighted by molar-refractivity contribution is -0.140. The Morgan fingerprint density at radius 3 is 2.59 bits per heavy atom. The van der Waals surface area contributed by atoms with Crippen molar-refractivity contribution in [2.75, 3.05) is 0 Å². The summed E-state index contributed by atoms with van der Waals surface area (Å²) in [5, 5.41) is 21.3. The third-order valence-corrected chi connectivity index (χ3v) is 6.16. The number of Topliss-reactive ketones (excluding diaryl/α,β-unsaturated/α-hetero) is 1. The summed E-state index contributed by atoms with van der Waals surface area (Å²) in [5.41, 5.74) is 2.34. The van der Waals surface area contributed by atoms with Crippen LogP contribution < -0.4 is 4.74 Å². The highest BCUT2D eigenvalue weighted by atomic mass is 19.1. The Bertz CT molecular complexity index is 1330. The van der Waals surface area contributed by atoms with Crippen LogP contribution in [0.3, 0.4) is 0 Å². The van der Waals surface area contributed by atoms with Crippen molar-refractivity contribution in [3.8, 4) is 11.5 Å². The predicted molar refractivity (Wildman–Crippen MR) is 123 cm³/mol. The van der Waals surface area contributed by atoms with Gasteiger partial charge in [0, 0.05) is 18.5 Å². The van der Waals surface area contributed by atoms with Gasteiger partial charge in [-0.2, -0.15) is 0 Å². The summed E-state index contributed by atoms with van der Waals surface area (Å²) in [6.07, 6.45) is 0.687. The van der Waals surface area contributed by atoms with E-state index in [0.717, 1.165) is 11.3 Å². The Balaban J connectivity index is 1.62. The number of benzene rings is 3. The normalized spacial score (nSPS) is 20.9. The number of fused-ring (bicyclic) bond motifs is 1. The fourth-order valence-electron chi connectivity index (χ4n) is 4.60. The Hall–Kier alpha value is -4.13. The number of carbonyl (C=O) groups is 2. The lowest BCUT2D eigenvalue weighted by Crippen LogP contribution is -2.29. The Kier molecular flexibility index (Phi) is 5.32. The maximum absolute atomic E-state index is 13.4. The van der Waals surface area contributed by atoms with E-state index in [4.69, 9.17) is 4.74 Å². The van der Waals surface area contributed by atoms with Crippen LogP contribution in [0.2, 0.25) is 0 Å². The number of hydrogen-bond acceptors (Lipinski definition) is 5. The van der Waals surface area contributed by atoms with Gasteiger partial charge in [0.05, 0.1) is 11.6 Å². The number of phenolic OH excluding ortho intramolecular Hbond substituents is 1. The number of aromatic hydroxyl groups is 1. The second kappa shape index (κ2) is 8.33. The van der Waals surface area contributed by atoms with Crippen LogP contribution in [0.15, 0.2) is 72.3 Å². The smallest absolute Gasteiger partial charge is 0.295 e. The zero-order valence-electron chi connectivity index (χ0n) is 18.4. The second-order valence-corrected chi connectivity index (χ2v) is 8.60. The maximum Gasteiger partial charge on any atom is 0.295 e. The van der Waals surface area contributed by atoms with E-state index in [1.165, 1.54) is 41.3 Å². The van der Waals surface area contributed by atoms with Crippen molar-refractivity contribution in [1.82, 2.24) is 4.90 Å². The summed E-state index contributed by atoms with van der Waals surface area (Å²) in [6.45, 7) is 1.97. The number of nitrogens with zero attached hydrogens (tertiary/aromatic N) is 1. The van der Waals surface area contributed by atoms with Gasteiger partial charge in [0.1, 0.15) is 29.2 Å². The largest absolute Gasteiger partial charge is 0.508 e. The van der Waals surface area contributed by atoms with Gasteiger partial charge in [0.2, 0.25) is 0 Å². The summed E-state index contributed by atoms with van der Waals surface area (Å²) in [6, 6.07) is 16.1. The van der Waals surface area contributed by atoms with Gasteiger partial charge in [-0.25, -0.2) is 4.39 Å². The molecule has 0 spiro atoms. The second-order valence-electron chi connectivity index (χ2n) is 8.60. The fraction of sp³-hybridized carbons (Fsp3) is 0.185. The van der Waals surface area contributed by atoms with Crippen LogP contribution in [0, 0.1) is 5.82 Å². The number of ketones is 1.